The van der Waals surface area contributed by atoms with Crippen LogP contribution in [0.3, 0.4) is 0 Å². The lowest BCUT2D eigenvalue weighted by atomic mass is 10.2. The van der Waals surface area contributed by atoms with Crippen molar-refractivity contribution >= 4 is 11.6 Å². The molecule has 2 aliphatic carbocycles. The minimum Gasteiger partial charge on any atom is -0.395 e. The lowest BCUT2D eigenvalue weighted by Crippen LogP contribution is -2.34. The Balaban J connectivity index is 1.38. The molecule has 6 nitrogen and oxygen atoms in total. The Morgan fingerprint density at radius 3 is 2.86 bits per heavy atom. The topological polar surface area (TPSA) is 70.4 Å². The molecule has 120 valence electrons. The first kappa shape index (κ1) is 14.2. The Hall–Kier alpha value is -1.40. The van der Waals surface area contributed by atoms with Crippen LogP contribution in [-0.2, 0) is 4.79 Å². The third-order valence-electron chi connectivity index (χ3n) is 5.10. The van der Waals surface area contributed by atoms with E-state index in [2.05, 4.69) is 15.3 Å². The molecule has 0 radical (unpaired) electrons. The van der Waals surface area contributed by atoms with Gasteiger partial charge in [0.2, 0.25) is 5.91 Å². The zero-order chi connectivity index (χ0) is 15.1. The fourth-order valence-electron chi connectivity index (χ4n) is 3.39. The van der Waals surface area contributed by atoms with Crippen LogP contribution in [0.4, 0.5) is 5.69 Å². The lowest BCUT2D eigenvalue weighted by Gasteiger charge is -2.21. The molecule has 0 aromatic carbocycles. The molecule has 2 heterocycles. The highest BCUT2D eigenvalue weighted by atomic mass is 16.3. The van der Waals surface area contributed by atoms with E-state index in [0.717, 1.165) is 44.0 Å². The standard InChI is InChI=1S/C16H24N4O2/c21-10-15-5-14(9-19(15)7-11-1-2-11)20-8-13(6-17-20)18-16(22)12-3-4-12/h6,8,11-12,14-15,21H,1-5,7,9-10H2,(H,18,22)/t14-,15-/m0/s1. The van der Waals surface area contributed by atoms with E-state index in [4.69, 9.17) is 0 Å². The van der Waals surface area contributed by atoms with Crippen molar-refractivity contribution in [2.75, 3.05) is 25.0 Å². The van der Waals surface area contributed by atoms with Crippen LogP contribution in [0, 0.1) is 11.8 Å². The molecule has 0 bridgehead atoms. The average Bonchev–Trinajstić information content (AvgIpc) is 3.42. The van der Waals surface area contributed by atoms with Crippen LogP contribution in [-0.4, -0.2) is 51.4 Å². The van der Waals surface area contributed by atoms with Gasteiger partial charge in [0.05, 0.1) is 24.5 Å². The van der Waals surface area contributed by atoms with Gasteiger partial charge in [-0.1, -0.05) is 0 Å². The third-order valence-corrected chi connectivity index (χ3v) is 5.10. The van der Waals surface area contributed by atoms with Gasteiger partial charge >= 0.3 is 0 Å². The SMILES string of the molecule is O=C(Nc1cnn([C@H]2C[C@@H](CO)N(CC3CC3)C2)c1)C1CC1. The number of hydrogen-bond acceptors (Lipinski definition) is 4. The van der Waals surface area contributed by atoms with E-state index >= 15 is 0 Å². The summed E-state index contributed by atoms with van der Waals surface area (Å²) in [5, 5.41) is 17.0. The monoisotopic (exact) mass is 304 g/mol. The number of likely N-dealkylation sites (tertiary alicyclic amines) is 1. The van der Waals surface area contributed by atoms with Crippen LogP contribution < -0.4 is 5.32 Å². The number of nitrogens with zero attached hydrogens (tertiary/aromatic N) is 3. The summed E-state index contributed by atoms with van der Waals surface area (Å²) in [4.78, 5) is 14.2. The quantitative estimate of drug-likeness (QED) is 0.830. The number of hydrogen-bond donors (Lipinski definition) is 2. The van der Waals surface area contributed by atoms with Gasteiger partial charge < -0.3 is 10.4 Å². The van der Waals surface area contributed by atoms with Gasteiger partial charge in [0.25, 0.3) is 0 Å². The first-order valence-corrected chi connectivity index (χ1v) is 8.43. The van der Waals surface area contributed by atoms with Crippen molar-refractivity contribution in [1.29, 1.82) is 0 Å². The Morgan fingerprint density at radius 1 is 1.36 bits per heavy atom. The molecule has 1 saturated heterocycles. The zero-order valence-electron chi connectivity index (χ0n) is 12.8. The molecule has 22 heavy (non-hydrogen) atoms. The molecule has 2 atom stereocenters. The summed E-state index contributed by atoms with van der Waals surface area (Å²) in [7, 11) is 0. The smallest absolute Gasteiger partial charge is 0.227 e. The number of rotatable bonds is 6. The van der Waals surface area contributed by atoms with Crippen LogP contribution in [0.2, 0.25) is 0 Å². The van der Waals surface area contributed by atoms with Crippen molar-refractivity contribution in [3.63, 3.8) is 0 Å². The van der Waals surface area contributed by atoms with Gasteiger partial charge in [-0.05, 0) is 38.0 Å². The second-order valence-electron chi connectivity index (χ2n) is 7.10. The van der Waals surface area contributed by atoms with Gasteiger partial charge in [-0.25, -0.2) is 0 Å². The summed E-state index contributed by atoms with van der Waals surface area (Å²) >= 11 is 0. The summed E-state index contributed by atoms with van der Waals surface area (Å²) < 4.78 is 1.96. The second-order valence-corrected chi connectivity index (χ2v) is 7.10. The van der Waals surface area contributed by atoms with E-state index in [1.165, 1.54) is 12.8 Å². The van der Waals surface area contributed by atoms with Crippen molar-refractivity contribution < 1.29 is 9.90 Å². The molecule has 1 amide bonds. The molecule has 6 heteroatoms. The van der Waals surface area contributed by atoms with Gasteiger partial charge in [0.1, 0.15) is 0 Å². The maximum Gasteiger partial charge on any atom is 0.227 e. The van der Waals surface area contributed by atoms with E-state index in [1.807, 2.05) is 10.9 Å². The molecule has 3 aliphatic rings. The number of nitrogens with one attached hydrogen (secondary N) is 1. The molecule has 0 unspecified atom stereocenters. The van der Waals surface area contributed by atoms with Crippen molar-refractivity contribution in [2.24, 2.45) is 11.8 Å². The highest BCUT2D eigenvalue weighted by Gasteiger charge is 2.36. The van der Waals surface area contributed by atoms with Crippen LogP contribution >= 0.6 is 0 Å². The maximum absolute atomic E-state index is 11.8. The van der Waals surface area contributed by atoms with Crippen LogP contribution in [0.1, 0.15) is 38.1 Å². The predicted molar refractivity (Wildman–Crippen MR) is 82.4 cm³/mol. The fourth-order valence-corrected chi connectivity index (χ4v) is 3.39. The lowest BCUT2D eigenvalue weighted by molar-refractivity contribution is -0.117. The predicted octanol–water partition coefficient (Wildman–Crippen LogP) is 1.25. The highest BCUT2D eigenvalue weighted by molar-refractivity contribution is 5.93. The molecular formula is C16H24N4O2. The Bertz CT molecular complexity index is 550. The van der Waals surface area contributed by atoms with Crippen LogP contribution in [0.5, 0.6) is 0 Å². The van der Waals surface area contributed by atoms with Crippen molar-refractivity contribution in [3.05, 3.63) is 12.4 Å². The number of carbonyl (C=O) groups is 1. The fraction of sp³-hybridized carbons (Fsp3) is 0.750. The number of carbonyl (C=O) groups excluding carboxylic acids is 1. The van der Waals surface area contributed by atoms with Gasteiger partial charge in [-0.3, -0.25) is 14.4 Å². The minimum atomic E-state index is 0.120. The van der Waals surface area contributed by atoms with Gasteiger partial charge in [0, 0.05) is 31.2 Å². The van der Waals surface area contributed by atoms with E-state index in [-0.39, 0.29) is 24.5 Å². The Labute approximate surface area is 130 Å². The highest BCUT2D eigenvalue weighted by Crippen LogP contribution is 2.35. The first-order valence-electron chi connectivity index (χ1n) is 8.43. The summed E-state index contributed by atoms with van der Waals surface area (Å²) in [6, 6.07) is 0.543. The van der Waals surface area contributed by atoms with Crippen molar-refractivity contribution in [3.8, 4) is 0 Å². The molecule has 4 rings (SSSR count). The number of aliphatic hydroxyl groups excluding tert-OH is 1. The van der Waals surface area contributed by atoms with Crippen molar-refractivity contribution in [1.82, 2.24) is 14.7 Å². The molecule has 3 fully saturated rings. The third kappa shape index (κ3) is 3.03. The molecule has 1 aromatic heterocycles. The zero-order valence-corrected chi connectivity index (χ0v) is 12.8. The number of amides is 1. The Kier molecular flexibility index (Phi) is 3.66. The number of aromatic nitrogens is 2. The maximum atomic E-state index is 11.8. The van der Waals surface area contributed by atoms with Crippen LogP contribution in [0.25, 0.3) is 0 Å². The summed E-state index contributed by atoms with van der Waals surface area (Å²) in [5.41, 5.74) is 0.790. The van der Waals surface area contributed by atoms with Gasteiger partial charge in [-0.15, -0.1) is 0 Å². The molecule has 2 saturated carbocycles. The normalized spacial score (nSPS) is 29.0. The second kappa shape index (κ2) is 5.66. The number of anilines is 1. The summed E-state index contributed by atoms with van der Waals surface area (Å²) in [5.74, 6) is 1.16. The molecule has 2 N–H and O–H groups in total. The largest absolute Gasteiger partial charge is 0.395 e. The van der Waals surface area contributed by atoms with E-state index < -0.39 is 0 Å². The molecular weight excluding hydrogens is 280 g/mol. The van der Waals surface area contributed by atoms with Crippen molar-refractivity contribution in [2.45, 2.75) is 44.2 Å². The average molecular weight is 304 g/mol. The van der Waals surface area contributed by atoms with E-state index in [1.54, 1.807) is 6.20 Å². The molecule has 1 aliphatic heterocycles. The summed E-state index contributed by atoms with van der Waals surface area (Å²) in [6.07, 6.45) is 9.28. The van der Waals surface area contributed by atoms with Gasteiger partial charge in [0.15, 0.2) is 0 Å². The first-order chi connectivity index (χ1) is 10.7. The van der Waals surface area contributed by atoms with Crippen LogP contribution in [0.15, 0.2) is 12.4 Å². The summed E-state index contributed by atoms with van der Waals surface area (Å²) in [6.45, 7) is 2.27. The molecule has 0 spiro atoms. The van der Waals surface area contributed by atoms with E-state index in [0.29, 0.717) is 6.04 Å². The van der Waals surface area contributed by atoms with Gasteiger partial charge in [-0.2, -0.15) is 5.10 Å². The van der Waals surface area contributed by atoms with E-state index in [9.17, 15) is 9.90 Å². The minimum absolute atomic E-state index is 0.120. The molecule has 1 aromatic rings. The number of aliphatic hydroxyl groups is 1. The Morgan fingerprint density at radius 2 is 2.18 bits per heavy atom.